The van der Waals surface area contributed by atoms with Crippen molar-refractivity contribution in [3.63, 3.8) is 0 Å². The van der Waals surface area contributed by atoms with E-state index in [1.807, 2.05) is 0 Å². The summed E-state index contributed by atoms with van der Waals surface area (Å²) in [5, 5.41) is 3.55. The lowest BCUT2D eigenvalue weighted by molar-refractivity contribution is -0.147. The van der Waals surface area contributed by atoms with Gasteiger partial charge in [-0.2, -0.15) is 0 Å². The molecule has 1 saturated heterocycles. The predicted molar refractivity (Wildman–Crippen MR) is 138 cm³/mol. The number of carbonyl (C=O) groups excluding carboxylic acids is 1. The van der Waals surface area contributed by atoms with Crippen molar-refractivity contribution in [1.29, 1.82) is 0 Å². The molecule has 0 aromatic heterocycles. The fraction of sp³-hybridized carbons (Fsp3) is 0.581. The van der Waals surface area contributed by atoms with Crippen LogP contribution in [0.4, 0.5) is 0 Å². The molecule has 5 aliphatic rings. The van der Waals surface area contributed by atoms with Crippen LogP contribution in [0.1, 0.15) is 74.8 Å². The van der Waals surface area contributed by atoms with Crippen molar-refractivity contribution in [3.8, 4) is 0 Å². The zero-order valence-corrected chi connectivity index (χ0v) is 20.5. The number of rotatable bonds is 7. The monoisotopic (exact) mass is 456 g/mol. The van der Waals surface area contributed by atoms with Crippen LogP contribution in [-0.4, -0.2) is 36.5 Å². The zero-order chi connectivity index (χ0) is 23.0. The lowest BCUT2D eigenvalue weighted by Crippen LogP contribution is -2.56. The van der Waals surface area contributed by atoms with Gasteiger partial charge in [-0.05, 0) is 93.2 Å². The second-order valence-corrected chi connectivity index (χ2v) is 11.9. The van der Waals surface area contributed by atoms with Gasteiger partial charge in [0, 0.05) is 30.5 Å². The van der Waals surface area contributed by atoms with Gasteiger partial charge in [-0.1, -0.05) is 60.7 Å². The molecule has 5 fully saturated rings. The Morgan fingerprint density at radius 3 is 1.82 bits per heavy atom. The maximum absolute atomic E-state index is 13.5. The number of amides is 1. The molecule has 0 radical (unpaired) electrons. The van der Waals surface area contributed by atoms with Crippen LogP contribution in [0.5, 0.6) is 0 Å². The highest BCUT2D eigenvalue weighted by Crippen LogP contribution is 2.60. The quantitative estimate of drug-likeness (QED) is 0.554. The molecule has 3 nitrogen and oxygen atoms in total. The molecule has 0 unspecified atom stereocenters. The average molecular weight is 457 g/mol. The van der Waals surface area contributed by atoms with Gasteiger partial charge >= 0.3 is 0 Å². The Bertz CT molecular complexity index is 889. The standard InChI is InChI=1S/C31H40N2O/c34-30(31-20-23-17-24(21-31)19-25(18-23)22-31)32-28-11-14-33(15-12-28)16-13-29(26-7-3-1-4-8-26)27-9-5-2-6-10-27/h1-10,23-25,28-29H,11-22H2,(H,32,34). The highest BCUT2D eigenvalue weighted by atomic mass is 16.2. The van der Waals surface area contributed by atoms with E-state index in [1.165, 1.54) is 49.7 Å². The van der Waals surface area contributed by atoms with Crippen molar-refractivity contribution < 1.29 is 4.79 Å². The van der Waals surface area contributed by atoms with Crippen LogP contribution in [0.25, 0.3) is 0 Å². The third-order valence-electron chi connectivity index (χ3n) is 9.58. The molecule has 1 heterocycles. The van der Waals surface area contributed by atoms with Gasteiger partial charge in [0.1, 0.15) is 0 Å². The summed E-state index contributed by atoms with van der Waals surface area (Å²) >= 11 is 0. The zero-order valence-electron chi connectivity index (χ0n) is 20.5. The van der Waals surface area contributed by atoms with Crippen LogP contribution in [-0.2, 0) is 4.79 Å². The molecule has 180 valence electrons. The van der Waals surface area contributed by atoms with E-state index in [1.54, 1.807) is 0 Å². The van der Waals surface area contributed by atoms with Gasteiger partial charge in [-0.25, -0.2) is 0 Å². The molecule has 4 aliphatic carbocycles. The SMILES string of the molecule is O=C(NC1CCN(CCC(c2ccccc2)c2ccccc2)CC1)C12CC3CC(CC(C3)C1)C2. The molecule has 1 N–H and O–H groups in total. The van der Waals surface area contributed by atoms with Gasteiger partial charge in [0.05, 0.1) is 0 Å². The summed E-state index contributed by atoms with van der Waals surface area (Å²) in [6.07, 6.45) is 11.0. The number of benzene rings is 2. The number of nitrogens with one attached hydrogen (secondary N) is 1. The van der Waals surface area contributed by atoms with Gasteiger partial charge in [0.25, 0.3) is 0 Å². The molecule has 1 aliphatic heterocycles. The summed E-state index contributed by atoms with van der Waals surface area (Å²) in [7, 11) is 0. The van der Waals surface area contributed by atoms with Crippen LogP contribution < -0.4 is 5.32 Å². The molecule has 2 aromatic carbocycles. The Hall–Kier alpha value is -2.13. The van der Waals surface area contributed by atoms with Gasteiger partial charge in [0.15, 0.2) is 0 Å². The predicted octanol–water partition coefficient (Wildman–Crippen LogP) is 6.01. The second-order valence-electron chi connectivity index (χ2n) is 11.9. The summed E-state index contributed by atoms with van der Waals surface area (Å²) in [6.45, 7) is 3.31. The molecular formula is C31H40N2O. The molecule has 34 heavy (non-hydrogen) atoms. The van der Waals surface area contributed by atoms with E-state index in [0.29, 0.717) is 17.9 Å². The molecule has 2 aromatic rings. The minimum atomic E-state index is -0.00945. The fourth-order valence-corrected chi connectivity index (χ4v) is 8.24. The first-order valence-electron chi connectivity index (χ1n) is 13.8. The van der Waals surface area contributed by atoms with Gasteiger partial charge in [-0.15, -0.1) is 0 Å². The van der Waals surface area contributed by atoms with Crippen LogP contribution in [0.3, 0.4) is 0 Å². The first kappa shape index (κ1) is 22.3. The fourth-order valence-electron chi connectivity index (χ4n) is 8.24. The molecule has 4 bridgehead atoms. The number of hydrogen-bond donors (Lipinski definition) is 1. The summed E-state index contributed by atoms with van der Waals surface area (Å²) in [6, 6.07) is 22.3. The Balaban J connectivity index is 1.02. The largest absolute Gasteiger partial charge is 0.353 e. The van der Waals surface area contributed by atoms with Crippen molar-refractivity contribution >= 4 is 5.91 Å². The Labute approximate surface area is 205 Å². The van der Waals surface area contributed by atoms with E-state index in [4.69, 9.17) is 0 Å². The molecule has 4 saturated carbocycles. The molecule has 7 rings (SSSR count). The van der Waals surface area contributed by atoms with E-state index >= 15 is 0 Å². The third-order valence-corrected chi connectivity index (χ3v) is 9.58. The summed E-state index contributed by atoms with van der Waals surface area (Å²) in [4.78, 5) is 16.1. The van der Waals surface area contributed by atoms with E-state index in [0.717, 1.165) is 56.7 Å². The van der Waals surface area contributed by atoms with Gasteiger partial charge in [-0.3, -0.25) is 4.79 Å². The number of likely N-dealkylation sites (tertiary alicyclic amines) is 1. The maximum atomic E-state index is 13.5. The molecule has 3 heteroatoms. The lowest BCUT2D eigenvalue weighted by Gasteiger charge is -2.56. The lowest BCUT2D eigenvalue weighted by atomic mass is 9.49. The molecule has 0 atom stereocenters. The highest BCUT2D eigenvalue weighted by Gasteiger charge is 2.54. The number of hydrogen-bond acceptors (Lipinski definition) is 2. The second kappa shape index (κ2) is 9.49. The van der Waals surface area contributed by atoms with Crippen molar-refractivity contribution in [2.75, 3.05) is 19.6 Å². The van der Waals surface area contributed by atoms with E-state index in [9.17, 15) is 4.79 Å². The van der Waals surface area contributed by atoms with Gasteiger partial charge in [0.2, 0.25) is 5.91 Å². The maximum Gasteiger partial charge on any atom is 0.226 e. The minimum absolute atomic E-state index is 0.00945. The number of nitrogens with zero attached hydrogens (tertiary/aromatic N) is 1. The van der Waals surface area contributed by atoms with E-state index in [2.05, 4.69) is 70.9 Å². The minimum Gasteiger partial charge on any atom is -0.353 e. The first-order chi connectivity index (χ1) is 16.7. The topological polar surface area (TPSA) is 32.3 Å². The summed E-state index contributed by atoms with van der Waals surface area (Å²) < 4.78 is 0. The van der Waals surface area contributed by atoms with E-state index in [-0.39, 0.29) is 5.41 Å². The smallest absolute Gasteiger partial charge is 0.226 e. The van der Waals surface area contributed by atoms with Crippen LogP contribution in [0.15, 0.2) is 60.7 Å². The van der Waals surface area contributed by atoms with Crippen molar-refractivity contribution in [3.05, 3.63) is 71.8 Å². The summed E-state index contributed by atoms with van der Waals surface area (Å²) in [5.74, 6) is 3.36. The van der Waals surface area contributed by atoms with Crippen molar-refractivity contribution in [2.45, 2.75) is 69.7 Å². The van der Waals surface area contributed by atoms with Crippen LogP contribution >= 0.6 is 0 Å². The van der Waals surface area contributed by atoms with E-state index < -0.39 is 0 Å². The van der Waals surface area contributed by atoms with Crippen LogP contribution in [0, 0.1) is 23.2 Å². The number of piperidine rings is 1. The Kier molecular flexibility index (Phi) is 6.24. The Morgan fingerprint density at radius 1 is 0.824 bits per heavy atom. The molecule has 0 spiro atoms. The first-order valence-corrected chi connectivity index (χ1v) is 13.8. The summed E-state index contributed by atoms with van der Waals surface area (Å²) in [5.41, 5.74) is 2.81. The molecule has 1 amide bonds. The third kappa shape index (κ3) is 4.56. The van der Waals surface area contributed by atoms with Crippen LogP contribution in [0.2, 0.25) is 0 Å². The van der Waals surface area contributed by atoms with Crippen molar-refractivity contribution in [1.82, 2.24) is 10.2 Å². The normalized spacial score (nSPS) is 31.1. The Morgan fingerprint density at radius 2 is 1.32 bits per heavy atom. The average Bonchev–Trinajstić information content (AvgIpc) is 2.86. The van der Waals surface area contributed by atoms with Gasteiger partial charge < -0.3 is 10.2 Å². The van der Waals surface area contributed by atoms with Crippen molar-refractivity contribution in [2.24, 2.45) is 23.2 Å². The molecular weight excluding hydrogens is 416 g/mol. The highest BCUT2D eigenvalue weighted by molar-refractivity contribution is 5.83. The number of carbonyl (C=O) groups is 1.